The van der Waals surface area contributed by atoms with Crippen LogP contribution in [-0.4, -0.2) is 41.9 Å². The quantitative estimate of drug-likeness (QED) is 0.183. The van der Waals surface area contributed by atoms with Gasteiger partial charge in [-0.25, -0.2) is 0 Å². The Morgan fingerprint density at radius 1 is 0.951 bits per heavy atom. The number of nitrogens with zero attached hydrogens (tertiary/aromatic N) is 2. The van der Waals surface area contributed by atoms with E-state index in [4.69, 9.17) is 4.74 Å². The number of methoxy groups -OCH3 is 1. The third-order valence-electron chi connectivity index (χ3n) is 8.04. The third kappa shape index (κ3) is 5.88. The van der Waals surface area contributed by atoms with Gasteiger partial charge in [0.2, 0.25) is 0 Å². The number of aliphatic hydroxyl groups excluding tert-OH is 1. The number of benzene rings is 3. The van der Waals surface area contributed by atoms with E-state index in [0.29, 0.717) is 11.3 Å². The van der Waals surface area contributed by atoms with E-state index in [-0.39, 0.29) is 23.3 Å². The van der Waals surface area contributed by atoms with Crippen LogP contribution in [0, 0.1) is 13.8 Å². The van der Waals surface area contributed by atoms with Gasteiger partial charge < -0.3 is 19.6 Å². The maximum absolute atomic E-state index is 13.7. The molecular weight excluding hydrogens is 512 g/mol. The first-order chi connectivity index (χ1) is 19.4. The van der Waals surface area contributed by atoms with Gasteiger partial charge in [-0.3, -0.25) is 9.59 Å². The van der Waals surface area contributed by atoms with Crippen molar-refractivity contribution in [3.05, 3.63) is 99.6 Å². The lowest BCUT2D eigenvalue weighted by molar-refractivity contribution is -0.140. The minimum atomic E-state index is -0.760. The van der Waals surface area contributed by atoms with Crippen molar-refractivity contribution in [1.82, 2.24) is 4.90 Å². The zero-order valence-corrected chi connectivity index (χ0v) is 25.5. The predicted molar refractivity (Wildman–Crippen MR) is 165 cm³/mol. The van der Waals surface area contributed by atoms with Crippen LogP contribution < -0.4 is 9.64 Å². The van der Waals surface area contributed by atoms with Gasteiger partial charge in [0.15, 0.2) is 0 Å². The van der Waals surface area contributed by atoms with Crippen molar-refractivity contribution in [2.45, 2.75) is 66.5 Å². The number of ether oxygens (including phenoxy) is 1. The average molecular weight is 555 g/mol. The lowest BCUT2D eigenvalue weighted by Gasteiger charge is -2.27. The molecule has 0 aromatic heterocycles. The average Bonchev–Trinajstić information content (AvgIpc) is 3.19. The molecule has 0 aliphatic carbocycles. The van der Waals surface area contributed by atoms with Crippen LogP contribution in [0.15, 0.2) is 66.2 Å². The van der Waals surface area contributed by atoms with Crippen molar-refractivity contribution in [1.29, 1.82) is 0 Å². The fraction of sp³-hybridized carbons (Fsp3) is 0.371. The Kier molecular flexibility index (Phi) is 8.62. The van der Waals surface area contributed by atoms with E-state index >= 15 is 0 Å². The van der Waals surface area contributed by atoms with Crippen molar-refractivity contribution in [2.24, 2.45) is 0 Å². The van der Waals surface area contributed by atoms with Gasteiger partial charge in [0.1, 0.15) is 11.5 Å². The molecule has 1 aliphatic heterocycles. The monoisotopic (exact) mass is 554 g/mol. The minimum Gasteiger partial charge on any atom is -0.507 e. The van der Waals surface area contributed by atoms with Crippen LogP contribution in [0.1, 0.15) is 74.0 Å². The third-order valence-corrected chi connectivity index (χ3v) is 8.04. The number of amides is 1. The van der Waals surface area contributed by atoms with Crippen molar-refractivity contribution in [3.63, 3.8) is 0 Å². The van der Waals surface area contributed by atoms with Crippen LogP contribution in [0.3, 0.4) is 0 Å². The van der Waals surface area contributed by atoms with Crippen LogP contribution in [0.2, 0.25) is 0 Å². The summed E-state index contributed by atoms with van der Waals surface area (Å²) in [6.07, 6.45) is 0. The number of aliphatic hydroxyl groups is 1. The summed E-state index contributed by atoms with van der Waals surface area (Å²) in [5.74, 6) is -1.12. The molecule has 1 N–H and O–H groups in total. The molecule has 1 fully saturated rings. The number of Topliss-reactive ketones (excluding diaryl/α,β-unsaturated/α-hetero) is 1. The van der Waals surface area contributed by atoms with Gasteiger partial charge in [0.25, 0.3) is 11.7 Å². The molecule has 3 aromatic carbocycles. The molecule has 216 valence electrons. The lowest BCUT2D eigenvalue weighted by atomic mass is 9.85. The maximum Gasteiger partial charge on any atom is 0.295 e. The number of anilines is 1. The zero-order valence-electron chi connectivity index (χ0n) is 25.5. The molecule has 1 heterocycles. The normalized spacial score (nSPS) is 16.8. The molecule has 6 heteroatoms. The molecule has 0 saturated carbocycles. The van der Waals surface area contributed by atoms with Crippen molar-refractivity contribution in [3.8, 4) is 5.75 Å². The van der Waals surface area contributed by atoms with Gasteiger partial charge in [-0.15, -0.1) is 0 Å². The summed E-state index contributed by atoms with van der Waals surface area (Å²) in [6.45, 7) is 16.5. The summed E-state index contributed by atoms with van der Waals surface area (Å²) in [6, 6.07) is 18.9. The van der Waals surface area contributed by atoms with E-state index in [1.807, 2.05) is 68.4 Å². The predicted octanol–water partition coefficient (Wildman–Crippen LogP) is 7.08. The number of ketones is 1. The fourth-order valence-corrected chi connectivity index (χ4v) is 5.50. The highest BCUT2D eigenvalue weighted by Gasteiger charge is 2.46. The van der Waals surface area contributed by atoms with E-state index < -0.39 is 17.7 Å². The van der Waals surface area contributed by atoms with E-state index in [9.17, 15) is 14.7 Å². The van der Waals surface area contributed by atoms with E-state index in [1.54, 1.807) is 11.0 Å². The van der Waals surface area contributed by atoms with Crippen molar-refractivity contribution < 1.29 is 19.4 Å². The standard InChI is InChI=1S/C35H42N2O4/c1-9-36(10-2)27-16-13-24(14-17-27)31-30(32(38)28-20-26(35(5,6)7)15-18-29(28)41-8)33(39)34(40)37(31)21-25-19-22(3)11-12-23(25)4/h11-20,31,38H,9-10,21H2,1-8H3/b32-30+. The number of likely N-dealkylation sites (tertiary alicyclic amines) is 1. The van der Waals surface area contributed by atoms with E-state index in [1.165, 1.54) is 7.11 Å². The molecule has 3 aromatic rings. The second kappa shape index (κ2) is 11.8. The molecule has 1 saturated heterocycles. The molecule has 0 spiro atoms. The second-order valence-corrected chi connectivity index (χ2v) is 11.8. The summed E-state index contributed by atoms with van der Waals surface area (Å²) in [5.41, 5.74) is 6.14. The maximum atomic E-state index is 13.7. The largest absolute Gasteiger partial charge is 0.507 e. The SMILES string of the molecule is CCN(CC)c1ccc(C2/C(=C(\O)c3cc(C(C)(C)C)ccc3OC)C(=O)C(=O)N2Cc2cc(C)ccc2C)cc1. The van der Waals surface area contributed by atoms with Crippen LogP contribution in [0.5, 0.6) is 5.75 Å². The number of carbonyl (C=O) groups excluding carboxylic acids is 2. The van der Waals surface area contributed by atoms with Crippen LogP contribution >= 0.6 is 0 Å². The molecule has 41 heavy (non-hydrogen) atoms. The van der Waals surface area contributed by atoms with Crippen molar-refractivity contribution >= 4 is 23.1 Å². The first-order valence-electron chi connectivity index (χ1n) is 14.3. The highest BCUT2D eigenvalue weighted by atomic mass is 16.5. The Morgan fingerprint density at radius 2 is 1.61 bits per heavy atom. The fourth-order valence-electron chi connectivity index (χ4n) is 5.50. The summed E-state index contributed by atoms with van der Waals surface area (Å²) < 4.78 is 5.61. The lowest BCUT2D eigenvalue weighted by Crippen LogP contribution is -2.29. The molecular formula is C35H42N2O4. The summed E-state index contributed by atoms with van der Waals surface area (Å²) in [5, 5.41) is 11.8. The van der Waals surface area contributed by atoms with Gasteiger partial charge in [-0.1, -0.05) is 62.7 Å². The Bertz CT molecular complexity index is 1480. The number of aryl methyl sites for hydroxylation is 2. The topological polar surface area (TPSA) is 70.1 Å². The molecule has 1 aliphatic rings. The van der Waals surface area contributed by atoms with Crippen LogP contribution in [0.4, 0.5) is 5.69 Å². The summed E-state index contributed by atoms with van der Waals surface area (Å²) in [4.78, 5) is 31.2. The number of hydrogen-bond donors (Lipinski definition) is 1. The minimum absolute atomic E-state index is 0.0697. The van der Waals surface area contributed by atoms with Gasteiger partial charge in [-0.05, 0) is 79.6 Å². The number of rotatable bonds is 8. The summed E-state index contributed by atoms with van der Waals surface area (Å²) in [7, 11) is 1.53. The molecule has 4 rings (SSSR count). The second-order valence-electron chi connectivity index (χ2n) is 11.8. The highest BCUT2D eigenvalue weighted by Crippen LogP contribution is 2.43. The highest BCUT2D eigenvalue weighted by molar-refractivity contribution is 6.46. The first kappa shape index (κ1) is 29.9. The van der Waals surface area contributed by atoms with E-state index in [0.717, 1.165) is 46.6 Å². The zero-order chi connectivity index (χ0) is 30.1. The molecule has 1 amide bonds. The Balaban J connectivity index is 1.93. The van der Waals surface area contributed by atoms with Gasteiger partial charge >= 0.3 is 0 Å². The molecule has 0 bridgehead atoms. The molecule has 1 atom stereocenters. The van der Waals surface area contributed by atoms with Gasteiger partial charge in [0, 0.05) is 25.3 Å². The van der Waals surface area contributed by atoms with Crippen LogP contribution in [-0.2, 0) is 21.5 Å². The smallest absolute Gasteiger partial charge is 0.295 e. The molecule has 1 unspecified atom stereocenters. The van der Waals surface area contributed by atoms with Gasteiger partial charge in [-0.2, -0.15) is 0 Å². The van der Waals surface area contributed by atoms with Gasteiger partial charge in [0.05, 0.1) is 24.3 Å². The first-order valence-corrected chi connectivity index (χ1v) is 14.3. The Labute approximate surface area is 244 Å². The number of carbonyl (C=O) groups is 2. The molecule has 6 nitrogen and oxygen atoms in total. The van der Waals surface area contributed by atoms with E-state index in [2.05, 4.69) is 39.5 Å². The summed E-state index contributed by atoms with van der Waals surface area (Å²) >= 11 is 0. The van der Waals surface area contributed by atoms with Crippen molar-refractivity contribution in [2.75, 3.05) is 25.1 Å². The van der Waals surface area contributed by atoms with Crippen LogP contribution in [0.25, 0.3) is 5.76 Å². The Morgan fingerprint density at radius 3 is 2.20 bits per heavy atom. The molecule has 0 radical (unpaired) electrons. The number of hydrogen-bond acceptors (Lipinski definition) is 5. The Hall–Kier alpha value is -4.06.